The second kappa shape index (κ2) is 6.02. The number of anilines is 1. The van der Waals surface area contributed by atoms with E-state index in [0.29, 0.717) is 28.8 Å². The first kappa shape index (κ1) is 15.3. The Balaban J connectivity index is 1.87. The van der Waals surface area contributed by atoms with Crippen LogP contribution in [0, 0.1) is 0 Å². The zero-order valence-corrected chi connectivity index (χ0v) is 13.8. The Bertz CT molecular complexity index is 1070. The Kier molecular flexibility index (Phi) is 3.69. The van der Waals surface area contributed by atoms with Crippen molar-refractivity contribution < 1.29 is 4.79 Å². The van der Waals surface area contributed by atoms with Crippen molar-refractivity contribution in [2.45, 2.75) is 13.3 Å². The molecule has 1 N–H and O–H groups in total. The molecule has 4 rings (SSSR count). The molecule has 0 atom stereocenters. The van der Waals surface area contributed by atoms with E-state index in [1.54, 1.807) is 29.2 Å². The predicted molar refractivity (Wildman–Crippen MR) is 99.3 cm³/mol. The molecule has 0 saturated carbocycles. The number of benzene rings is 2. The molecule has 3 aromatic rings. The molecule has 5 heteroatoms. The van der Waals surface area contributed by atoms with Crippen LogP contribution in [0.25, 0.3) is 22.6 Å². The number of carbonyl (C=O) groups excluding carboxylic acids is 1. The minimum atomic E-state index is -0.207. The minimum Gasteiger partial charge on any atom is -0.308 e. The van der Waals surface area contributed by atoms with Gasteiger partial charge in [0.2, 0.25) is 0 Å². The van der Waals surface area contributed by atoms with Gasteiger partial charge in [0, 0.05) is 12.1 Å². The van der Waals surface area contributed by atoms with E-state index >= 15 is 0 Å². The van der Waals surface area contributed by atoms with Crippen molar-refractivity contribution in [1.29, 1.82) is 0 Å². The van der Waals surface area contributed by atoms with E-state index in [9.17, 15) is 9.59 Å². The van der Waals surface area contributed by atoms with E-state index in [-0.39, 0.29) is 11.5 Å². The first-order chi connectivity index (χ1) is 12.2. The van der Waals surface area contributed by atoms with Gasteiger partial charge in [-0.2, -0.15) is 0 Å². The van der Waals surface area contributed by atoms with Gasteiger partial charge in [-0.25, -0.2) is 4.98 Å². The number of aromatic nitrogens is 2. The summed E-state index contributed by atoms with van der Waals surface area (Å²) in [4.78, 5) is 34.1. The third-order valence-corrected chi connectivity index (χ3v) is 4.32. The number of H-pyrrole nitrogens is 1. The van der Waals surface area contributed by atoms with Crippen molar-refractivity contribution in [3.63, 3.8) is 0 Å². The highest BCUT2D eigenvalue weighted by atomic mass is 16.2. The average Bonchev–Trinajstić information content (AvgIpc) is 2.88. The Morgan fingerprint density at radius 2 is 1.84 bits per heavy atom. The van der Waals surface area contributed by atoms with E-state index in [0.717, 1.165) is 17.7 Å². The van der Waals surface area contributed by atoms with E-state index < -0.39 is 0 Å². The highest BCUT2D eigenvalue weighted by Crippen LogP contribution is 2.37. The summed E-state index contributed by atoms with van der Waals surface area (Å²) in [6, 6.07) is 14.9. The maximum Gasteiger partial charge on any atom is 0.259 e. The maximum absolute atomic E-state index is 12.8. The summed E-state index contributed by atoms with van der Waals surface area (Å²) >= 11 is 0. The molecular formula is C20H17N3O2. The molecule has 0 fully saturated rings. The summed E-state index contributed by atoms with van der Waals surface area (Å²) in [5.74, 6) is 0.332. The third-order valence-electron chi connectivity index (χ3n) is 4.32. The number of nitrogens with zero attached hydrogens (tertiary/aromatic N) is 2. The lowest BCUT2D eigenvalue weighted by Gasteiger charge is -2.15. The number of carbonyl (C=O) groups is 1. The Hall–Kier alpha value is -3.21. The van der Waals surface area contributed by atoms with Crippen molar-refractivity contribution in [3.8, 4) is 0 Å². The normalized spacial score (nSPS) is 15.2. The van der Waals surface area contributed by atoms with Gasteiger partial charge in [0.05, 0.1) is 22.2 Å². The molecule has 1 aliphatic rings. The van der Waals surface area contributed by atoms with Gasteiger partial charge in [-0.3, -0.25) is 9.59 Å². The summed E-state index contributed by atoms with van der Waals surface area (Å²) < 4.78 is 0. The molecule has 0 aliphatic carbocycles. The summed E-state index contributed by atoms with van der Waals surface area (Å²) in [5.41, 5.74) is 2.74. The number of hydrogen-bond donors (Lipinski definition) is 1. The lowest BCUT2D eigenvalue weighted by molar-refractivity contribution is -0.113. The first-order valence-electron chi connectivity index (χ1n) is 8.31. The van der Waals surface area contributed by atoms with Crippen LogP contribution in [-0.4, -0.2) is 22.4 Å². The van der Waals surface area contributed by atoms with Crippen LogP contribution in [0.2, 0.25) is 0 Å². The third kappa shape index (κ3) is 2.54. The Morgan fingerprint density at radius 3 is 2.68 bits per heavy atom. The zero-order chi connectivity index (χ0) is 17.4. The summed E-state index contributed by atoms with van der Waals surface area (Å²) in [6.07, 6.45) is 2.54. The van der Waals surface area contributed by atoms with Crippen LogP contribution in [0.3, 0.4) is 0 Å². The number of aromatic amines is 1. The number of hydrogen-bond acceptors (Lipinski definition) is 3. The van der Waals surface area contributed by atoms with Gasteiger partial charge < -0.3 is 9.88 Å². The highest BCUT2D eigenvalue weighted by Gasteiger charge is 2.31. The fraction of sp³-hybridized carbons (Fsp3) is 0.150. The molecule has 1 aliphatic heterocycles. The molecule has 5 nitrogen and oxygen atoms in total. The van der Waals surface area contributed by atoms with Crippen molar-refractivity contribution in [3.05, 3.63) is 70.3 Å². The smallest absolute Gasteiger partial charge is 0.259 e. The van der Waals surface area contributed by atoms with Crippen molar-refractivity contribution in [1.82, 2.24) is 9.97 Å². The lowest BCUT2D eigenvalue weighted by Crippen LogP contribution is -2.27. The van der Waals surface area contributed by atoms with Gasteiger partial charge in [0.1, 0.15) is 5.82 Å². The van der Waals surface area contributed by atoms with E-state index in [1.165, 1.54) is 0 Å². The monoisotopic (exact) mass is 331 g/mol. The molecule has 124 valence electrons. The fourth-order valence-corrected chi connectivity index (χ4v) is 3.20. The van der Waals surface area contributed by atoms with Crippen molar-refractivity contribution in [2.75, 3.05) is 11.4 Å². The van der Waals surface area contributed by atoms with Crippen LogP contribution in [0.15, 0.2) is 53.3 Å². The number of nitrogens with one attached hydrogen (secondary N) is 1. The van der Waals surface area contributed by atoms with Gasteiger partial charge in [-0.05, 0) is 30.7 Å². The summed E-state index contributed by atoms with van der Waals surface area (Å²) in [5, 5.41) is 0.537. The molecular weight excluding hydrogens is 314 g/mol. The van der Waals surface area contributed by atoms with E-state index in [1.807, 2.05) is 37.3 Å². The molecule has 0 saturated heterocycles. The van der Waals surface area contributed by atoms with Crippen LogP contribution < -0.4 is 10.5 Å². The molecule has 25 heavy (non-hydrogen) atoms. The Labute approximate surface area is 144 Å². The number of rotatable bonds is 3. The molecule has 0 radical (unpaired) electrons. The van der Waals surface area contributed by atoms with Gasteiger partial charge in [-0.15, -0.1) is 0 Å². The largest absolute Gasteiger partial charge is 0.308 e. The van der Waals surface area contributed by atoms with Gasteiger partial charge in [-0.1, -0.05) is 37.3 Å². The summed E-state index contributed by atoms with van der Waals surface area (Å²) in [6.45, 7) is 2.70. The second-order valence-electron chi connectivity index (χ2n) is 6.00. The van der Waals surface area contributed by atoms with Crippen LogP contribution in [0.1, 0.15) is 24.7 Å². The quantitative estimate of drug-likeness (QED) is 0.749. The molecule has 0 bridgehead atoms. The molecule has 2 aromatic carbocycles. The van der Waals surface area contributed by atoms with E-state index in [2.05, 4.69) is 9.97 Å². The van der Waals surface area contributed by atoms with Crippen molar-refractivity contribution >= 4 is 34.1 Å². The van der Waals surface area contributed by atoms with Gasteiger partial charge in [0.25, 0.3) is 11.5 Å². The standard InChI is InChI=1S/C20H17N3O2/c1-2-11-23-17-10-6-4-7-13(17)15(20(23)25)12-18-21-16-9-5-3-8-14(16)19(24)22-18/h3-10,12H,2,11H2,1H3,(H,21,22,24)/b15-12-. The highest BCUT2D eigenvalue weighted by molar-refractivity contribution is 6.35. The first-order valence-corrected chi connectivity index (χ1v) is 8.31. The van der Waals surface area contributed by atoms with E-state index in [4.69, 9.17) is 0 Å². The molecule has 0 spiro atoms. The molecule has 1 aromatic heterocycles. The average molecular weight is 331 g/mol. The topological polar surface area (TPSA) is 66.1 Å². The number of fused-ring (bicyclic) bond motifs is 2. The fourth-order valence-electron chi connectivity index (χ4n) is 3.20. The Morgan fingerprint density at radius 1 is 1.08 bits per heavy atom. The van der Waals surface area contributed by atoms with Crippen LogP contribution in [0.5, 0.6) is 0 Å². The molecule has 1 amide bonds. The molecule has 2 heterocycles. The predicted octanol–water partition coefficient (Wildman–Crippen LogP) is 3.22. The lowest BCUT2D eigenvalue weighted by atomic mass is 10.1. The maximum atomic E-state index is 12.8. The zero-order valence-electron chi connectivity index (χ0n) is 13.8. The minimum absolute atomic E-state index is 0.0566. The van der Waals surface area contributed by atoms with Crippen LogP contribution in [0.4, 0.5) is 5.69 Å². The van der Waals surface area contributed by atoms with Crippen LogP contribution in [-0.2, 0) is 4.79 Å². The van der Waals surface area contributed by atoms with Crippen molar-refractivity contribution in [2.24, 2.45) is 0 Å². The van der Waals surface area contributed by atoms with Gasteiger partial charge in [0.15, 0.2) is 0 Å². The SMILES string of the molecule is CCCN1C(=O)/C(=C\c2nc3ccccc3c(=O)[nH]2)c2ccccc21. The van der Waals surface area contributed by atoms with Crippen LogP contribution >= 0.6 is 0 Å². The summed E-state index contributed by atoms with van der Waals surface area (Å²) in [7, 11) is 0. The number of amides is 1. The number of para-hydroxylation sites is 2. The van der Waals surface area contributed by atoms with Gasteiger partial charge >= 0.3 is 0 Å². The molecule has 0 unspecified atom stereocenters. The second-order valence-corrected chi connectivity index (χ2v) is 6.00.